The number of likely N-dealkylation sites (tertiary alicyclic amines) is 1. The monoisotopic (exact) mass is 423 g/mol. The smallest absolute Gasteiger partial charge is 0.222 e. The highest BCUT2D eigenvalue weighted by Crippen LogP contribution is 2.27. The summed E-state index contributed by atoms with van der Waals surface area (Å²) in [4.78, 5) is 14.6. The number of nitrogens with zero attached hydrogens (tertiary/aromatic N) is 2. The summed E-state index contributed by atoms with van der Waals surface area (Å²) < 4.78 is 24.0. The van der Waals surface area contributed by atoms with E-state index in [1.807, 2.05) is 35.2 Å². The van der Waals surface area contributed by atoms with Crippen LogP contribution in [0.1, 0.15) is 35.7 Å². The fourth-order valence-corrected chi connectivity index (χ4v) is 3.81. The first kappa shape index (κ1) is 20.9. The molecule has 1 aliphatic rings. The third-order valence-electron chi connectivity index (χ3n) is 5.59. The van der Waals surface area contributed by atoms with Crippen molar-refractivity contribution < 1.29 is 18.7 Å². The van der Waals surface area contributed by atoms with E-state index in [0.717, 1.165) is 35.7 Å². The van der Waals surface area contributed by atoms with Gasteiger partial charge in [-0.2, -0.15) is 5.10 Å². The van der Waals surface area contributed by atoms with E-state index in [2.05, 4.69) is 10.2 Å². The number of hydrogen-bond donors (Lipinski definition) is 1. The summed E-state index contributed by atoms with van der Waals surface area (Å²) >= 11 is 0. The van der Waals surface area contributed by atoms with Gasteiger partial charge in [0.05, 0.1) is 18.5 Å². The predicted octanol–water partition coefficient (Wildman–Crippen LogP) is 4.09. The molecule has 6 nitrogen and oxygen atoms in total. The summed E-state index contributed by atoms with van der Waals surface area (Å²) in [6.45, 7) is 1.71. The Balaban J connectivity index is 1.26. The maximum absolute atomic E-state index is 13.2. The maximum Gasteiger partial charge on any atom is 0.222 e. The molecule has 31 heavy (non-hydrogen) atoms. The molecular formula is C24H26FN3O3. The van der Waals surface area contributed by atoms with Crippen LogP contribution in [0.5, 0.6) is 11.5 Å². The number of benzene rings is 2. The first-order chi connectivity index (χ1) is 15.1. The van der Waals surface area contributed by atoms with Crippen molar-refractivity contribution >= 4 is 5.91 Å². The zero-order valence-corrected chi connectivity index (χ0v) is 17.5. The molecule has 4 rings (SSSR count). The van der Waals surface area contributed by atoms with Gasteiger partial charge < -0.3 is 14.4 Å². The van der Waals surface area contributed by atoms with Gasteiger partial charge in [0.2, 0.25) is 5.91 Å². The molecule has 1 N–H and O–H groups in total. The molecule has 1 aliphatic heterocycles. The minimum Gasteiger partial charge on any atom is -0.497 e. The number of carbonyl (C=O) groups is 1. The van der Waals surface area contributed by atoms with Crippen LogP contribution >= 0.6 is 0 Å². The van der Waals surface area contributed by atoms with E-state index in [-0.39, 0.29) is 24.2 Å². The molecule has 162 valence electrons. The van der Waals surface area contributed by atoms with E-state index >= 15 is 0 Å². The van der Waals surface area contributed by atoms with Crippen LogP contribution in [-0.4, -0.2) is 41.2 Å². The molecule has 7 heteroatoms. The van der Waals surface area contributed by atoms with Crippen molar-refractivity contribution in [2.24, 2.45) is 0 Å². The summed E-state index contributed by atoms with van der Waals surface area (Å²) in [5.74, 6) is 1.35. The van der Waals surface area contributed by atoms with Gasteiger partial charge in [-0.3, -0.25) is 9.89 Å². The van der Waals surface area contributed by atoms with Crippen LogP contribution in [-0.2, 0) is 17.8 Å². The molecule has 0 saturated carbocycles. The summed E-state index contributed by atoms with van der Waals surface area (Å²) in [6.07, 6.45) is 2.10. The van der Waals surface area contributed by atoms with Gasteiger partial charge in [0.15, 0.2) is 0 Å². The Morgan fingerprint density at radius 2 is 2.03 bits per heavy atom. The predicted molar refractivity (Wildman–Crippen MR) is 115 cm³/mol. The highest BCUT2D eigenvalue weighted by molar-refractivity contribution is 5.76. The Kier molecular flexibility index (Phi) is 6.50. The normalized spacial score (nSPS) is 15.8. The SMILES string of the molecule is COc1ccc(CCC(=O)N2CCC(c3cc(COc4cccc(F)c4)[nH]n3)C2)cc1. The molecule has 0 radical (unpaired) electrons. The first-order valence-electron chi connectivity index (χ1n) is 10.4. The third-order valence-corrected chi connectivity index (χ3v) is 5.59. The second-order valence-corrected chi connectivity index (χ2v) is 7.74. The molecule has 2 heterocycles. The Bertz CT molecular complexity index is 1020. The number of aromatic nitrogens is 2. The van der Waals surface area contributed by atoms with Crippen LogP contribution in [0.2, 0.25) is 0 Å². The molecule has 1 unspecified atom stereocenters. The number of aromatic amines is 1. The summed E-state index contributed by atoms with van der Waals surface area (Å²) in [7, 11) is 1.64. The van der Waals surface area contributed by atoms with E-state index in [1.54, 1.807) is 19.2 Å². The van der Waals surface area contributed by atoms with Gasteiger partial charge in [-0.15, -0.1) is 0 Å². The highest BCUT2D eigenvalue weighted by Gasteiger charge is 2.28. The standard InChI is InChI=1S/C24H26FN3O3/c1-30-21-8-5-17(6-9-21)7-10-24(29)28-12-11-18(15-28)23-14-20(26-27-23)16-31-22-4-2-3-19(25)13-22/h2-6,8-9,13-14,18H,7,10-12,15-16H2,1H3,(H,26,27). The molecule has 0 aliphatic carbocycles. The van der Waals surface area contributed by atoms with Crippen LogP contribution < -0.4 is 9.47 Å². The van der Waals surface area contributed by atoms with Gasteiger partial charge in [-0.05, 0) is 48.7 Å². The largest absolute Gasteiger partial charge is 0.497 e. The number of H-pyrrole nitrogens is 1. The van der Waals surface area contributed by atoms with Crippen LogP contribution in [0.3, 0.4) is 0 Å². The zero-order valence-electron chi connectivity index (χ0n) is 17.5. The summed E-state index contributed by atoms with van der Waals surface area (Å²) in [5.41, 5.74) is 2.88. The van der Waals surface area contributed by atoms with E-state index in [1.165, 1.54) is 12.1 Å². The minimum atomic E-state index is -0.328. The lowest BCUT2D eigenvalue weighted by Crippen LogP contribution is -2.28. The molecule has 1 saturated heterocycles. The average Bonchev–Trinajstić information content (AvgIpc) is 3.46. The Morgan fingerprint density at radius 3 is 2.81 bits per heavy atom. The van der Waals surface area contributed by atoms with Crippen molar-refractivity contribution in [2.45, 2.75) is 31.8 Å². The second kappa shape index (κ2) is 9.64. The topological polar surface area (TPSA) is 67.4 Å². The van der Waals surface area contributed by atoms with E-state index in [0.29, 0.717) is 25.1 Å². The number of ether oxygens (including phenoxy) is 2. The first-order valence-corrected chi connectivity index (χ1v) is 10.4. The Hall–Kier alpha value is -3.35. The maximum atomic E-state index is 13.2. The lowest BCUT2D eigenvalue weighted by atomic mass is 10.1. The molecule has 0 bridgehead atoms. The molecular weight excluding hydrogens is 397 g/mol. The van der Waals surface area contributed by atoms with Crippen molar-refractivity contribution in [3.05, 3.63) is 77.4 Å². The van der Waals surface area contributed by atoms with E-state index in [9.17, 15) is 9.18 Å². The van der Waals surface area contributed by atoms with Gasteiger partial charge in [0, 0.05) is 31.5 Å². The van der Waals surface area contributed by atoms with E-state index in [4.69, 9.17) is 9.47 Å². The fraction of sp³-hybridized carbons (Fsp3) is 0.333. The summed E-state index contributed by atoms with van der Waals surface area (Å²) in [6, 6.07) is 15.8. The van der Waals surface area contributed by atoms with Crippen LogP contribution in [0, 0.1) is 5.82 Å². The number of nitrogens with one attached hydrogen (secondary N) is 1. The van der Waals surface area contributed by atoms with Gasteiger partial charge in [0.1, 0.15) is 23.9 Å². The number of amides is 1. The lowest BCUT2D eigenvalue weighted by Gasteiger charge is -2.16. The zero-order chi connectivity index (χ0) is 21.6. The van der Waals surface area contributed by atoms with Crippen molar-refractivity contribution in [3.8, 4) is 11.5 Å². The van der Waals surface area contributed by atoms with Gasteiger partial charge in [-0.25, -0.2) is 4.39 Å². The molecule has 1 atom stereocenters. The Morgan fingerprint density at radius 1 is 1.19 bits per heavy atom. The number of rotatable bonds is 8. The van der Waals surface area contributed by atoms with Gasteiger partial charge in [-0.1, -0.05) is 18.2 Å². The van der Waals surface area contributed by atoms with Crippen LogP contribution in [0.4, 0.5) is 4.39 Å². The number of halogens is 1. The number of methoxy groups -OCH3 is 1. The van der Waals surface area contributed by atoms with Crippen molar-refractivity contribution in [3.63, 3.8) is 0 Å². The van der Waals surface area contributed by atoms with Crippen molar-refractivity contribution in [1.82, 2.24) is 15.1 Å². The number of hydrogen-bond acceptors (Lipinski definition) is 4. The molecule has 1 amide bonds. The van der Waals surface area contributed by atoms with E-state index < -0.39 is 0 Å². The second-order valence-electron chi connectivity index (χ2n) is 7.74. The van der Waals surface area contributed by atoms with Gasteiger partial charge >= 0.3 is 0 Å². The molecule has 1 aromatic heterocycles. The fourth-order valence-electron chi connectivity index (χ4n) is 3.81. The molecule has 1 fully saturated rings. The molecule has 2 aromatic carbocycles. The number of carbonyl (C=O) groups excluding carboxylic acids is 1. The third kappa shape index (κ3) is 5.42. The molecule has 3 aromatic rings. The Labute approximate surface area is 181 Å². The quantitative estimate of drug-likeness (QED) is 0.593. The average molecular weight is 423 g/mol. The van der Waals surface area contributed by atoms with Crippen LogP contribution in [0.25, 0.3) is 0 Å². The number of aryl methyl sites for hydroxylation is 1. The van der Waals surface area contributed by atoms with Gasteiger partial charge in [0.25, 0.3) is 0 Å². The van der Waals surface area contributed by atoms with Crippen molar-refractivity contribution in [1.29, 1.82) is 0 Å². The minimum absolute atomic E-state index is 0.170. The van der Waals surface area contributed by atoms with Crippen LogP contribution in [0.15, 0.2) is 54.6 Å². The molecule has 0 spiro atoms. The highest BCUT2D eigenvalue weighted by atomic mass is 19.1. The van der Waals surface area contributed by atoms with Crippen molar-refractivity contribution in [2.75, 3.05) is 20.2 Å². The lowest BCUT2D eigenvalue weighted by molar-refractivity contribution is -0.130. The summed E-state index contributed by atoms with van der Waals surface area (Å²) in [5, 5.41) is 7.39.